The van der Waals surface area contributed by atoms with Gasteiger partial charge in [0.25, 0.3) is 0 Å². The average Bonchev–Trinajstić information content (AvgIpc) is 2.32. The molecule has 94 valence electrons. The second kappa shape index (κ2) is 5.27. The van der Waals surface area contributed by atoms with Gasteiger partial charge in [0.2, 0.25) is 0 Å². The molecule has 1 nitrogen and oxygen atoms in total. The molecular weight excluding hydrogens is 232 g/mol. The van der Waals surface area contributed by atoms with E-state index in [4.69, 9.17) is 5.73 Å². The Morgan fingerprint density at radius 3 is 2.50 bits per heavy atom. The van der Waals surface area contributed by atoms with Crippen LogP contribution in [0.3, 0.4) is 0 Å². The summed E-state index contributed by atoms with van der Waals surface area (Å²) < 4.78 is 26.5. The summed E-state index contributed by atoms with van der Waals surface area (Å²) >= 11 is 0. The Morgan fingerprint density at radius 1 is 1.11 bits per heavy atom. The zero-order chi connectivity index (χ0) is 13.1. The smallest absolute Gasteiger partial charge is 0.126 e. The topological polar surface area (TPSA) is 26.0 Å². The van der Waals surface area contributed by atoms with Gasteiger partial charge in [-0.3, -0.25) is 0 Å². The summed E-state index contributed by atoms with van der Waals surface area (Å²) in [7, 11) is 0. The monoisotopic (exact) mass is 247 g/mol. The molecule has 0 radical (unpaired) electrons. The first kappa shape index (κ1) is 12.7. The summed E-state index contributed by atoms with van der Waals surface area (Å²) in [5.41, 5.74) is 8.27. The molecule has 2 aromatic rings. The lowest BCUT2D eigenvalue weighted by atomic mass is 9.96. The predicted octanol–water partition coefficient (Wildman–Crippen LogP) is 3.52. The molecule has 0 saturated heterocycles. The van der Waals surface area contributed by atoms with Crippen LogP contribution in [0.5, 0.6) is 0 Å². The predicted molar refractivity (Wildman–Crippen MR) is 68.2 cm³/mol. The largest absolute Gasteiger partial charge is 0.324 e. The van der Waals surface area contributed by atoms with Crippen molar-refractivity contribution in [3.05, 3.63) is 70.8 Å². The van der Waals surface area contributed by atoms with Crippen LogP contribution in [-0.2, 0) is 6.42 Å². The first-order valence-electron chi connectivity index (χ1n) is 5.83. The highest BCUT2D eigenvalue weighted by molar-refractivity contribution is 5.31. The summed E-state index contributed by atoms with van der Waals surface area (Å²) in [6.07, 6.45) is 0.402. The van der Waals surface area contributed by atoms with Gasteiger partial charge in [0, 0.05) is 6.04 Å². The minimum Gasteiger partial charge on any atom is -0.324 e. The lowest BCUT2D eigenvalue weighted by Gasteiger charge is -2.15. The number of benzene rings is 2. The van der Waals surface area contributed by atoms with Crippen LogP contribution in [0.2, 0.25) is 0 Å². The molecule has 0 amide bonds. The minimum atomic E-state index is -0.331. The zero-order valence-corrected chi connectivity index (χ0v) is 10.2. The molecule has 1 atom stereocenters. The SMILES string of the molecule is Cc1cc(F)ccc1C(N)Cc1ccccc1F. The third kappa shape index (κ3) is 2.74. The Balaban J connectivity index is 2.22. The highest BCUT2D eigenvalue weighted by Gasteiger charge is 2.12. The van der Waals surface area contributed by atoms with E-state index in [-0.39, 0.29) is 17.7 Å². The van der Waals surface area contributed by atoms with E-state index in [1.54, 1.807) is 31.2 Å². The number of hydrogen-bond donors (Lipinski definition) is 1. The van der Waals surface area contributed by atoms with Gasteiger partial charge in [-0.25, -0.2) is 8.78 Å². The zero-order valence-electron chi connectivity index (χ0n) is 10.2. The normalized spacial score (nSPS) is 12.4. The fraction of sp³-hybridized carbons (Fsp3) is 0.200. The summed E-state index contributed by atoms with van der Waals surface area (Å²) in [6.45, 7) is 1.81. The second-order valence-electron chi connectivity index (χ2n) is 4.40. The Bertz CT molecular complexity index is 552. The Hall–Kier alpha value is -1.74. The first-order chi connectivity index (χ1) is 8.58. The lowest BCUT2D eigenvalue weighted by molar-refractivity contribution is 0.590. The highest BCUT2D eigenvalue weighted by Crippen LogP contribution is 2.21. The summed E-state index contributed by atoms with van der Waals surface area (Å²) in [5.74, 6) is -0.540. The Kier molecular flexibility index (Phi) is 3.72. The second-order valence-corrected chi connectivity index (χ2v) is 4.40. The molecule has 0 aromatic heterocycles. The lowest BCUT2D eigenvalue weighted by Crippen LogP contribution is -2.15. The van der Waals surface area contributed by atoms with Gasteiger partial charge in [0.1, 0.15) is 11.6 Å². The molecule has 0 aliphatic heterocycles. The molecular formula is C15H15F2N. The maximum absolute atomic E-state index is 13.5. The molecule has 0 bridgehead atoms. The molecule has 2 N–H and O–H groups in total. The van der Waals surface area contributed by atoms with Gasteiger partial charge >= 0.3 is 0 Å². The van der Waals surface area contributed by atoms with Gasteiger partial charge in [-0.15, -0.1) is 0 Å². The molecule has 2 aromatic carbocycles. The summed E-state index contributed by atoms with van der Waals surface area (Å²) in [6, 6.07) is 10.7. The van der Waals surface area contributed by atoms with Crippen LogP contribution in [0.15, 0.2) is 42.5 Å². The van der Waals surface area contributed by atoms with Crippen LogP contribution in [0.4, 0.5) is 8.78 Å². The quantitative estimate of drug-likeness (QED) is 0.882. The van der Waals surface area contributed by atoms with E-state index in [9.17, 15) is 8.78 Å². The number of rotatable bonds is 3. The fourth-order valence-corrected chi connectivity index (χ4v) is 2.07. The van der Waals surface area contributed by atoms with Crippen LogP contribution in [0.1, 0.15) is 22.7 Å². The van der Waals surface area contributed by atoms with Gasteiger partial charge in [-0.1, -0.05) is 24.3 Å². The van der Waals surface area contributed by atoms with Crippen molar-refractivity contribution in [3.8, 4) is 0 Å². The highest BCUT2D eigenvalue weighted by atomic mass is 19.1. The molecule has 0 aliphatic rings. The number of hydrogen-bond acceptors (Lipinski definition) is 1. The molecule has 0 saturated carbocycles. The summed E-state index contributed by atoms with van der Waals surface area (Å²) in [5, 5.41) is 0. The fourth-order valence-electron chi connectivity index (χ4n) is 2.07. The maximum atomic E-state index is 13.5. The van der Waals surface area contributed by atoms with E-state index in [0.717, 1.165) is 11.1 Å². The van der Waals surface area contributed by atoms with Crippen molar-refractivity contribution in [3.63, 3.8) is 0 Å². The average molecular weight is 247 g/mol. The van der Waals surface area contributed by atoms with Crippen molar-refractivity contribution < 1.29 is 8.78 Å². The van der Waals surface area contributed by atoms with Gasteiger partial charge in [-0.2, -0.15) is 0 Å². The van der Waals surface area contributed by atoms with Gasteiger partial charge in [0.05, 0.1) is 0 Å². The Labute approximate surface area is 105 Å². The van der Waals surface area contributed by atoms with Gasteiger partial charge in [0.15, 0.2) is 0 Å². The molecule has 2 rings (SSSR count). The van der Waals surface area contributed by atoms with E-state index < -0.39 is 0 Å². The van der Waals surface area contributed by atoms with E-state index in [1.165, 1.54) is 18.2 Å². The number of aryl methyl sites for hydroxylation is 1. The van der Waals surface area contributed by atoms with E-state index >= 15 is 0 Å². The van der Waals surface area contributed by atoms with Crippen molar-refractivity contribution in [2.75, 3.05) is 0 Å². The number of nitrogens with two attached hydrogens (primary N) is 1. The van der Waals surface area contributed by atoms with Gasteiger partial charge < -0.3 is 5.73 Å². The van der Waals surface area contributed by atoms with Crippen molar-refractivity contribution >= 4 is 0 Å². The van der Waals surface area contributed by atoms with Crippen LogP contribution >= 0.6 is 0 Å². The molecule has 18 heavy (non-hydrogen) atoms. The first-order valence-corrected chi connectivity index (χ1v) is 5.83. The third-order valence-electron chi connectivity index (χ3n) is 3.03. The van der Waals surface area contributed by atoms with Gasteiger partial charge in [-0.05, 0) is 48.2 Å². The Morgan fingerprint density at radius 2 is 1.83 bits per heavy atom. The molecule has 0 aliphatic carbocycles. The van der Waals surface area contributed by atoms with Crippen LogP contribution < -0.4 is 5.73 Å². The van der Waals surface area contributed by atoms with E-state index in [0.29, 0.717) is 12.0 Å². The number of halogens is 2. The maximum Gasteiger partial charge on any atom is 0.126 e. The minimum absolute atomic E-state index is 0.257. The van der Waals surface area contributed by atoms with Crippen molar-refractivity contribution in [2.45, 2.75) is 19.4 Å². The molecule has 0 spiro atoms. The van der Waals surface area contributed by atoms with Crippen LogP contribution in [-0.4, -0.2) is 0 Å². The van der Waals surface area contributed by atoms with E-state index in [2.05, 4.69) is 0 Å². The molecule has 1 unspecified atom stereocenters. The van der Waals surface area contributed by atoms with Crippen LogP contribution in [0.25, 0.3) is 0 Å². The van der Waals surface area contributed by atoms with Crippen molar-refractivity contribution in [2.24, 2.45) is 5.73 Å². The molecule has 0 fully saturated rings. The molecule has 0 heterocycles. The molecule has 3 heteroatoms. The van der Waals surface area contributed by atoms with Crippen LogP contribution in [0, 0.1) is 18.6 Å². The third-order valence-corrected chi connectivity index (χ3v) is 3.03. The standard InChI is InChI=1S/C15H15F2N/c1-10-8-12(16)6-7-13(10)15(18)9-11-4-2-3-5-14(11)17/h2-8,15H,9,18H2,1H3. The van der Waals surface area contributed by atoms with Crippen molar-refractivity contribution in [1.82, 2.24) is 0 Å². The summed E-state index contributed by atoms with van der Waals surface area (Å²) in [4.78, 5) is 0. The van der Waals surface area contributed by atoms with Crippen molar-refractivity contribution in [1.29, 1.82) is 0 Å². The van der Waals surface area contributed by atoms with E-state index in [1.807, 2.05) is 0 Å².